The maximum Gasteiger partial charge on any atom is 0.276 e. The summed E-state index contributed by atoms with van der Waals surface area (Å²) in [6.45, 7) is 39.7. The van der Waals surface area contributed by atoms with Crippen molar-refractivity contribution in [2.75, 3.05) is 6.79 Å². The quantitative estimate of drug-likeness (QED) is 0.0289. The molecule has 5 unspecified atom stereocenters. The Morgan fingerprint density at radius 3 is 1.05 bits per heavy atom. The van der Waals surface area contributed by atoms with Crippen molar-refractivity contribution in [2.24, 2.45) is 41.4 Å². The van der Waals surface area contributed by atoms with Crippen molar-refractivity contribution in [3.05, 3.63) is 265 Å². The number of ether oxygens (including phenoxy) is 2. The Labute approximate surface area is 639 Å². The summed E-state index contributed by atoms with van der Waals surface area (Å²) in [6.07, 6.45) is 2.32. The van der Waals surface area contributed by atoms with Crippen LogP contribution in [0.1, 0.15) is 234 Å². The second-order valence-corrected chi connectivity index (χ2v) is 29.8. The van der Waals surface area contributed by atoms with Gasteiger partial charge in [-0.05, 0) is 144 Å². The van der Waals surface area contributed by atoms with E-state index < -0.39 is 9.85 Å². The summed E-state index contributed by atoms with van der Waals surface area (Å²) in [6, 6.07) is 35.3. The van der Waals surface area contributed by atoms with Crippen LogP contribution in [0.2, 0.25) is 0 Å². The zero-order valence-corrected chi connectivity index (χ0v) is 66.7. The molecule has 7 aromatic carbocycles. The Kier molecular flexibility index (Phi) is 40.2. The number of hydrogen-bond donors (Lipinski definition) is 4. The number of aliphatic hydroxyl groups excluding tert-OH is 4. The summed E-state index contributed by atoms with van der Waals surface area (Å²) in [5.74, 6) is 4.54. The molecule has 0 radical (unpaired) electrons. The first-order valence-electron chi connectivity index (χ1n) is 36.6. The van der Waals surface area contributed by atoms with Crippen LogP contribution in [-0.4, -0.2) is 61.7 Å². The van der Waals surface area contributed by atoms with Crippen LogP contribution in [0.5, 0.6) is 11.5 Å². The molecule has 8 rings (SSSR count). The molecule has 0 spiro atoms. The molecule has 0 amide bonds. The van der Waals surface area contributed by atoms with Gasteiger partial charge < -0.3 is 29.9 Å². The molecule has 27 heteroatoms. The number of aliphatic hydroxyl groups is 4. The highest BCUT2D eigenvalue weighted by molar-refractivity contribution is 5.57. The fraction of sp³-hybridized carbons (Fsp3) is 0.488. The van der Waals surface area contributed by atoms with Crippen LogP contribution < -0.4 is 9.47 Å². The normalized spacial score (nSPS) is 12.6. The van der Waals surface area contributed by atoms with E-state index in [1.54, 1.807) is 66.7 Å². The van der Waals surface area contributed by atoms with Crippen LogP contribution in [-0.2, 0) is 39.3 Å². The molecule has 0 saturated carbocycles. The van der Waals surface area contributed by atoms with Gasteiger partial charge in [0, 0.05) is 75.3 Å². The van der Waals surface area contributed by atoms with E-state index in [1.807, 2.05) is 126 Å². The van der Waals surface area contributed by atoms with Gasteiger partial charge in [0.25, 0.3) is 39.8 Å². The number of para-hydroxylation sites is 3. The Morgan fingerprint density at radius 1 is 0.312 bits per heavy atom. The minimum absolute atomic E-state index is 0.0115. The zero-order valence-electron chi connectivity index (χ0n) is 66.7. The van der Waals surface area contributed by atoms with Gasteiger partial charge >= 0.3 is 0 Å². The number of fused-ring (bicyclic) bond motifs is 1. The molecule has 0 bridgehead atoms. The number of nitro benzene ring substituents is 7. The fourth-order valence-electron chi connectivity index (χ4n) is 11.7. The van der Waals surface area contributed by atoms with Crippen LogP contribution in [0.3, 0.4) is 0 Å². The van der Waals surface area contributed by atoms with Crippen molar-refractivity contribution in [2.45, 2.75) is 214 Å². The number of aryl methyl sites for hydroxylation is 1. The third-order valence-corrected chi connectivity index (χ3v) is 19.0. The van der Waals surface area contributed by atoms with Crippen LogP contribution in [0.25, 0.3) is 0 Å². The molecule has 0 aromatic heterocycles. The molecule has 109 heavy (non-hydrogen) atoms. The molecule has 0 fully saturated rings. The van der Waals surface area contributed by atoms with Crippen molar-refractivity contribution in [1.29, 1.82) is 0 Å². The Balaban J connectivity index is 0.000000433. The lowest BCUT2D eigenvalue weighted by molar-refractivity contribution is -0.386. The van der Waals surface area contributed by atoms with E-state index in [1.165, 1.54) is 18.2 Å². The summed E-state index contributed by atoms with van der Waals surface area (Å²) in [5, 5.41) is 113. The second-order valence-electron chi connectivity index (χ2n) is 29.8. The lowest BCUT2D eigenvalue weighted by atomic mass is 9.87. The van der Waals surface area contributed by atoms with E-state index in [4.69, 9.17) is 24.8 Å². The number of rotatable bonds is 26. The first-order valence-corrected chi connectivity index (χ1v) is 36.6. The first-order chi connectivity index (χ1) is 51.0. The Hall–Kier alpha value is -10.2. The molecular formula is C82H113N7O20. The summed E-state index contributed by atoms with van der Waals surface area (Å²) < 4.78 is 10.4. The molecule has 5 atom stereocenters. The van der Waals surface area contributed by atoms with Gasteiger partial charge in [-0.15, -0.1) is 0 Å². The van der Waals surface area contributed by atoms with Crippen molar-refractivity contribution in [1.82, 2.24) is 0 Å². The van der Waals surface area contributed by atoms with Crippen molar-refractivity contribution >= 4 is 39.8 Å². The predicted octanol–water partition coefficient (Wildman–Crippen LogP) is 20.8. The van der Waals surface area contributed by atoms with E-state index >= 15 is 0 Å². The smallest absolute Gasteiger partial charge is 0.276 e. The van der Waals surface area contributed by atoms with E-state index in [0.717, 1.165) is 40.7 Å². The first kappa shape index (κ1) is 94.9. The maximum absolute atomic E-state index is 11.1. The molecule has 596 valence electrons. The number of benzene rings is 7. The van der Waals surface area contributed by atoms with Crippen molar-refractivity contribution < 1.29 is 64.4 Å². The highest BCUT2D eigenvalue weighted by Crippen LogP contribution is 2.43. The van der Waals surface area contributed by atoms with E-state index in [0.29, 0.717) is 92.4 Å². The minimum atomic E-state index is -0.446. The van der Waals surface area contributed by atoms with Crippen LogP contribution in [0.15, 0.2) is 127 Å². The molecule has 27 nitrogen and oxygen atoms in total. The molecular weight excluding hydrogens is 1400 g/mol. The lowest BCUT2D eigenvalue weighted by Gasteiger charge is -2.18. The van der Waals surface area contributed by atoms with E-state index in [2.05, 4.69) is 55.4 Å². The summed E-state index contributed by atoms with van der Waals surface area (Å²) in [4.78, 5) is 73.6. The molecule has 1 aliphatic heterocycles. The van der Waals surface area contributed by atoms with Crippen molar-refractivity contribution in [3.8, 4) is 11.5 Å². The molecule has 7 aromatic rings. The van der Waals surface area contributed by atoms with Gasteiger partial charge in [0.1, 0.15) is 0 Å². The monoisotopic (exact) mass is 1520 g/mol. The predicted molar refractivity (Wildman–Crippen MR) is 424 cm³/mol. The molecule has 0 saturated heterocycles. The summed E-state index contributed by atoms with van der Waals surface area (Å²) in [5.41, 5.74) is 9.31. The number of hydrogen-bond acceptors (Lipinski definition) is 20. The average Bonchev–Trinajstić information content (AvgIpc) is 1.53. The minimum Gasteiger partial charge on any atom is -0.454 e. The van der Waals surface area contributed by atoms with E-state index in [9.17, 15) is 75.9 Å². The van der Waals surface area contributed by atoms with Crippen LogP contribution >= 0.6 is 0 Å². The lowest BCUT2D eigenvalue weighted by Crippen LogP contribution is -2.08. The SMILES string of the molecule is CC(C)C(C)c1cc(CO)c(CO)cc1[N+](=O)[O-].CC(C)C(C)c1cc2c(cc1[N+](=O)[O-])OCO2.CC(C)C(C)c1ccccc1[N+](=O)[O-].CC(C)CC(C)c1ccccc1[N+](=O)[O-].CC(C)Cc1cc(CO)c(CO)cc1[N+](=O)[O-].CC(C)Cc1ccccc1[N+](=O)[O-].Cc1ccc([N+](=O)[O-])c(C(C)C(C)C)c1. The molecule has 0 aliphatic carbocycles. The highest BCUT2D eigenvalue weighted by atomic mass is 16.7. The average molecular weight is 1520 g/mol. The standard InChI is InChI=1S/C13H19NO4.C12H15NO4.C12H17NO4.2C12H17NO2.C11H15NO2.C10H13NO2/c1-8(2)9(3)12-4-10(6-15)11(7-16)5-13(12)14(17)18;1-7(2)8(3)9-4-11-12(17-6-16-11)5-10(9)13(14)15;1-8(2)3-9-4-10(6-14)11(7-15)5-12(9)13(16)17;1-8(2)10(4)11-7-9(3)5-6-12(11)13(14)15;1-9(2)8-10(3)11-6-4-5-7-12(11)13(14)15;1-8(2)9(3)10-6-4-5-7-11(10)12(13)14;1-8(2)7-9-5-3-4-6-10(9)11(12)13/h4-5,8-9,15-16H,6-7H2,1-3H3;4-5,7-8H,6H2,1-3H3;4-5,8,14-15H,3,6-7H2,1-2H3;5-8,10H,1-4H3;4-7,9-10H,8H2,1-3H3;4-9H,1-3H3;3-6,8H,7H2,1-2H3. The van der Waals surface area contributed by atoms with Gasteiger partial charge in [0.05, 0.1) is 67.0 Å². The van der Waals surface area contributed by atoms with Crippen molar-refractivity contribution in [3.63, 3.8) is 0 Å². The van der Waals surface area contributed by atoms with Gasteiger partial charge in [-0.2, -0.15) is 0 Å². The molecule has 4 N–H and O–H groups in total. The van der Waals surface area contributed by atoms with Crippen LogP contribution in [0.4, 0.5) is 39.8 Å². The highest BCUT2D eigenvalue weighted by Gasteiger charge is 2.29. The van der Waals surface area contributed by atoms with Gasteiger partial charge in [-0.25, -0.2) is 0 Å². The molecule has 1 heterocycles. The van der Waals surface area contributed by atoms with Crippen LogP contribution in [0, 0.1) is 119 Å². The number of nitrogens with zero attached hydrogens (tertiary/aromatic N) is 7. The van der Waals surface area contributed by atoms with E-state index in [-0.39, 0.29) is 133 Å². The Morgan fingerprint density at radius 2 is 0.633 bits per heavy atom. The third kappa shape index (κ3) is 29.7. The fourth-order valence-corrected chi connectivity index (χ4v) is 11.7. The Bertz CT molecular complexity index is 4140. The van der Waals surface area contributed by atoms with Gasteiger partial charge in [0.2, 0.25) is 6.79 Å². The topological polar surface area (TPSA) is 401 Å². The van der Waals surface area contributed by atoms with Gasteiger partial charge in [-0.3, -0.25) is 70.8 Å². The van der Waals surface area contributed by atoms with Gasteiger partial charge in [0.15, 0.2) is 11.5 Å². The number of nitro groups is 7. The maximum atomic E-state index is 11.1. The largest absolute Gasteiger partial charge is 0.454 e. The second kappa shape index (κ2) is 46.2. The summed E-state index contributed by atoms with van der Waals surface area (Å²) >= 11 is 0. The van der Waals surface area contributed by atoms with Gasteiger partial charge in [-0.1, -0.05) is 198 Å². The molecule has 1 aliphatic rings. The third-order valence-electron chi connectivity index (χ3n) is 19.0. The summed E-state index contributed by atoms with van der Waals surface area (Å²) in [7, 11) is 0. The zero-order chi connectivity index (χ0) is 83.0.